The number of rotatable bonds is 1. The van der Waals surface area contributed by atoms with Crippen LogP contribution in [-0.4, -0.2) is 12.5 Å². The number of alkyl halides is 3. The lowest BCUT2D eigenvalue weighted by Crippen LogP contribution is -2.35. The summed E-state index contributed by atoms with van der Waals surface area (Å²) in [6.45, 7) is 6.66. The van der Waals surface area contributed by atoms with Gasteiger partial charge in [0.25, 0.3) is 0 Å². The molecule has 1 fully saturated rings. The Morgan fingerprint density at radius 3 is 2.57 bits per heavy atom. The molecule has 0 saturated heterocycles. The van der Waals surface area contributed by atoms with Crippen molar-refractivity contribution in [3.8, 4) is 0 Å². The van der Waals surface area contributed by atoms with Crippen LogP contribution in [-0.2, 0) is 4.74 Å². The smallest absolute Gasteiger partial charge is 0.284 e. The van der Waals surface area contributed by atoms with Crippen molar-refractivity contribution >= 4 is 0 Å². The van der Waals surface area contributed by atoms with Crippen LogP contribution >= 0.6 is 0 Å². The average Bonchev–Trinajstić information content (AvgIpc) is 2.62. The molecule has 2 atom stereocenters. The molecule has 3 aliphatic carbocycles. The molecule has 0 aromatic carbocycles. The normalized spacial score (nSPS) is 34.6. The van der Waals surface area contributed by atoms with Crippen molar-refractivity contribution in [3.63, 3.8) is 0 Å². The molecule has 3 aliphatic rings. The van der Waals surface area contributed by atoms with Crippen molar-refractivity contribution in [1.82, 2.24) is 0 Å². The second kappa shape index (κ2) is 4.48. The van der Waals surface area contributed by atoms with Crippen molar-refractivity contribution in [1.29, 1.82) is 0 Å². The Balaban J connectivity index is 1.88. The van der Waals surface area contributed by atoms with E-state index < -0.39 is 12.5 Å². The summed E-state index contributed by atoms with van der Waals surface area (Å²) < 4.78 is 41.6. The number of allylic oxidation sites excluding steroid dienone is 4. The van der Waals surface area contributed by atoms with E-state index >= 15 is 0 Å². The molecule has 21 heavy (non-hydrogen) atoms. The molecule has 0 aromatic rings. The van der Waals surface area contributed by atoms with Crippen LogP contribution in [0.4, 0.5) is 13.2 Å². The minimum atomic E-state index is -4.57. The van der Waals surface area contributed by atoms with Gasteiger partial charge in [-0.15, -0.1) is 13.2 Å². The summed E-state index contributed by atoms with van der Waals surface area (Å²) in [5.74, 6) is 0. The molecule has 0 aromatic heterocycles. The van der Waals surface area contributed by atoms with Crippen molar-refractivity contribution in [2.24, 2.45) is 10.8 Å². The van der Waals surface area contributed by atoms with Crippen LogP contribution in [0.1, 0.15) is 46.5 Å². The molecule has 0 heterocycles. The zero-order valence-corrected chi connectivity index (χ0v) is 12.7. The Bertz CT molecular complexity index is 551. The molecular weight excluding hydrogens is 277 g/mol. The Hall–Kier alpha value is -1.03. The van der Waals surface area contributed by atoms with Crippen molar-refractivity contribution < 1.29 is 17.9 Å². The zero-order chi connectivity index (χ0) is 15.5. The number of hydrogen-bond acceptors (Lipinski definition) is 1. The van der Waals surface area contributed by atoms with E-state index in [2.05, 4.69) is 31.6 Å². The highest BCUT2D eigenvalue weighted by Gasteiger charge is 2.48. The van der Waals surface area contributed by atoms with Gasteiger partial charge in [-0.3, -0.25) is 4.74 Å². The Kier molecular flexibility index (Phi) is 3.18. The van der Waals surface area contributed by atoms with Gasteiger partial charge in [-0.2, -0.15) is 0 Å². The molecule has 116 valence electrons. The molecule has 0 bridgehead atoms. The minimum Gasteiger partial charge on any atom is -0.284 e. The molecule has 3 rings (SSSR count). The largest absolute Gasteiger partial charge is 0.523 e. The van der Waals surface area contributed by atoms with Gasteiger partial charge in [0.1, 0.15) is 0 Å². The number of halogens is 3. The van der Waals surface area contributed by atoms with Crippen molar-refractivity contribution in [2.75, 3.05) is 0 Å². The zero-order valence-electron chi connectivity index (χ0n) is 12.7. The van der Waals surface area contributed by atoms with Crippen LogP contribution in [0.25, 0.3) is 0 Å². The van der Waals surface area contributed by atoms with Gasteiger partial charge >= 0.3 is 6.36 Å². The Labute approximate surface area is 123 Å². The second-order valence-electron chi connectivity index (χ2n) is 7.23. The molecule has 1 saturated carbocycles. The first kappa shape index (κ1) is 14.9. The van der Waals surface area contributed by atoms with E-state index in [1.807, 2.05) is 6.08 Å². The van der Waals surface area contributed by atoms with Crippen LogP contribution in [0.5, 0.6) is 0 Å². The Morgan fingerprint density at radius 1 is 1.19 bits per heavy atom. The van der Waals surface area contributed by atoms with E-state index in [1.54, 1.807) is 0 Å². The van der Waals surface area contributed by atoms with Crippen LogP contribution in [0.2, 0.25) is 0 Å². The topological polar surface area (TPSA) is 9.23 Å². The van der Waals surface area contributed by atoms with E-state index in [0.717, 1.165) is 30.4 Å². The quantitative estimate of drug-likeness (QED) is 0.638. The van der Waals surface area contributed by atoms with Gasteiger partial charge in [-0.1, -0.05) is 56.6 Å². The molecule has 1 unspecified atom stereocenters. The number of fused-ring (bicyclic) bond motifs is 2. The lowest BCUT2D eigenvalue weighted by atomic mass is 9.59. The van der Waals surface area contributed by atoms with E-state index in [0.29, 0.717) is 6.42 Å². The first-order valence-electron chi connectivity index (χ1n) is 7.51. The summed E-state index contributed by atoms with van der Waals surface area (Å²) in [7, 11) is 0. The standard InChI is InChI=1S/C17H21F3O/c1-15(2)7-4-8-16(3)13-10-12(21-17(18,19)20)6-5-11(13)9-14(15)16/h5-6,9,12H,4,7-8,10H2,1-3H3/t12?,16-/m1/s1. The molecule has 0 aliphatic heterocycles. The summed E-state index contributed by atoms with van der Waals surface area (Å²) in [5.41, 5.74) is 3.64. The van der Waals surface area contributed by atoms with Gasteiger partial charge in [0.05, 0.1) is 6.10 Å². The van der Waals surface area contributed by atoms with Crippen LogP contribution in [0.3, 0.4) is 0 Å². The van der Waals surface area contributed by atoms with Gasteiger partial charge in [-0.25, -0.2) is 0 Å². The first-order chi connectivity index (χ1) is 9.62. The molecule has 1 nitrogen and oxygen atoms in total. The summed E-state index contributed by atoms with van der Waals surface area (Å²) in [6, 6.07) is 0. The maximum absolute atomic E-state index is 12.5. The predicted octanol–water partition coefficient (Wildman–Crippen LogP) is 5.30. The van der Waals surface area contributed by atoms with E-state index in [4.69, 9.17) is 0 Å². The molecule has 4 heteroatoms. The minimum absolute atomic E-state index is 0.0882. The van der Waals surface area contributed by atoms with Crippen LogP contribution < -0.4 is 0 Å². The van der Waals surface area contributed by atoms with E-state index in [1.165, 1.54) is 11.6 Å². The van der Waals surface area contributed by atoms with Crippen LogP contribution in [0, 0.1) is 10.8 Å². The predicted molar refractivity (Wildman–Crippen MR) is 75.5 cm³/mol. The number of ether oxygens (including phenoxy) is 1. The van der Waals surface area contributed by atoms with Crippen LogP contribution in [0.15, 0.2) is 34.9 Å². The van der Waals surface area contributed by atoms with Gasteiger partial charge in [0, 0.05) is 11.8 Å². The molecule has 0 spiro atoms. The highest BCUT2D eigenvalue weighted by Crippen LogP contribution is 2.60. The lowest BCUT2D eigenvalue weighted by molar-refractivity contribution is -0.336. The maximum Gasteiger partial charge on any atom is 0.523 e. The van der Waals surface area contributed by atoms with Gasteiger partial charge < -0.3 is 0 Å². The summed E-state index contributed by atoms with van der Waals surface area (Å²) in [6.07, 6.45) is 3.71. The maximum atomic E-state index is 12.5. The summed E-state index contributed by atoms with van der Waals surface area (Å²) in [5, 5.41) is 0. The molecule has 0 amide bonds. The third-order valence-corrected chi connectivity index (χ3v) is 5.30. The first-order valence-corrected chi connectivity index (χ1v) is 7.51. The fourth-order valence-electron chi connectivity index (χ4n) is 4.35. The average molecular weight is 298 g/mol. The third kappa shape index (κ3) is 2.48. The highest BCUT2D eigenvalue weighted by atomic mass is 19.4. The van der Waals surface area contributed by atoms with E-state index in [-0.39, 0.29) is 10.8 Å². The molecule has 0 radical (unpaired) electrons. The van der Waals surface area contributed by atoms with Gasteiger partial charge in [0.2, 0.25) is 0 Å². The summed E-state index contributed by atoms with van der Waals surface area (Å²) >= 11 is 0. The summed E-state index contributed by atoms with van der Waals surface area (Å²) in [4.78, 5) is 0. The van der Waals surface area contributed by atoms with Gasteiger partial charge in [-0.05, 0) is 23.8 Å². The number of hydrogen-bond donors (Lipinski definition) is 0. The lowest BCUT2D eigenvalue weighted by Gasteiger charge is -2.45. The van der Waals surface area contributed by atoms with E-state index in [9.17, 15) is 13.2 Å². The Morgan fingerprint density at radius 2 is 1.90 bits per heavy atom. The van der Waals surface area contributed by atoms with Crippen molar-refractivity contribution in [3.05, 3.63) is 34.9 Å². The second-order valence-corrected chi connectivity index (χ2v) is 7.23. The SMILES string of the molecule is CC1(C)CCC[C@@]2(C)C1=CC1=C2CC(OC(F)(F)F)C=C1. The highest BCUT2D eigenvalue weighted by molar-refractivity contribution is 5.55. The third-order valence-electron chi connectivity index (χ3n) is 5.30. The fourth-order valence-corrected chi connectivity index (χ4v) is 4.35. The monoisotopic (exact) mass is 298 g/mol. The molecule has 0 N–H and O–H groups in total. The fraction of sp³-hybridized carbons (Fsp3) is 0.647. The van der Waals surface area contributed by atoms with Gasteiger partial charge in [0.15, 0.2) is 0 Å². The van der Waals surface area contributed by atoms with Crippen molar-refractivity contribution in [2.45, 2.75) is 58.9 Å². The molecular formula is C17H21F3O.